The first-order valence-electron chi connectivity index (χ1n) is 8.11. The smallest absolute Gasteiger partial charge is 0.239 e. The van der Waals surface area contributed by atoms with Crippen LogP contribution in [0.1, 0.15) is 11.6 Å². The molecule has 0 bridgehead atoms. The van der Waals surface area contributed by atoms with Crippen molar-refractivity contribution < 1.29 is 9.90 Å². The maximum absolute atomic E-state index is 11.8. The van der Waals surface area contributed by atoms with Gasteiger partial charge in [0.1, 0.15) is 6.04 Å². The van der Waals surface area contributed by atoms with Gasteiger partial charge in [-0.15, -0.1) is 0 Å². The number of carbonyl (C=O) groups excluding carboxylic acids is 1. The molecule has 1 heterocycles. The molecule has 1 aromatic carbocycles. The van der Waals surface area contributed by atoms with E-state index in [0.717, 1.165) is 31.7 Å². The van der Waals surface area contributed by atoms with E-state index in [1.165, 1.54) is 0 Å². The number of nitrogens with two attached hydrogens (primary N) is 1. The largest absolute Gasteiger partial charge is 0.390 e. The number of primary amides is 1. The Bertz CT molecular complexity index is 489. The highest BCUT2D eigenvalue weighted by atomic mass is 16.3. The Balaban J connectivity index is 1.90. The minimum absolute atomic E-state index is 0.398. The zero-order valence-corrected chi connectivity index (χ0v) is 14.1. The third kappa shape index (κ3) is 5.28. The molecule has 0 saturated carbocycles. The zero-order chi connectivity index (χ0) is 16.8. The quantitative estimate of drug-likeness (QED) is 0.725. The molecule has 0 spiro atoms. The van der Waals surface area contributed by atoms with E-state index in [0.29, 0.717) is 13.1 Å². The predicted octanol–water partition coefficient (Wildman–Crippen LogP) is -0.247. The van der Waals surface area contributed by atoms with E-state index in [1.54, 1.807) is 0 Å². The molecule has 1 amide bonds. The van der Waals surface area contributed by atoms with Gasteiger partial charge in [-0.2, -0.15) is 0 Å². The van der Waals surface area contributed by atoms with Crippen LogP contribution in [-0.4, -0.2) is 85.2 Å². The molecule has 0 aromatic heterocycles. The molecule has 6 nitrogen and oxygen atoms in total. The summed E-state index contributed by atoms with van der Waals surface area (Å²) < 4.78 is 0. The number of β-amino-alcohol motifs (C(OH)–C–C–N with tert-alkyl or cyclic N) is 1. The summed E-state index contributed by atoms with van der Waals surface area (Å²) >= 11 is 0. The SMILES string of the molecule is CN1CCN(CC(O)CN(C)C(C(N)=O)c2ccccc2)CC1. The van der Waals surface area contributed by atoms with Crippen molar-refractivity contribution in [2.75, 3.05) is 53.4 Å². The summed E-state index contributed by atoms with van der Waals surface area (Å²) in [6.07, 6.45) is -0.506. The molecule has 1 aliphatic rings. The van der Waals surface area contributed by atoms with E-state index in [4.69, 9.17) is 5.73 Å². The van der Waals surface area contributed by atoms with Crippen LogP contribution >= 0.6 is 0 Å². The summed E-state index contributed by atoms with van der Waals surface area (Å²) in [7, 11) is 3.94. The molecule has 1 aliphatic heterocycles. The van der Waals surface area contributed by atoms with Gasteiger partial charge >= 0.3 is 0 Å². The Morgan fingerprint density at radius 2 is 1.87 bits per heavy atom. The van der Waals surface area contributed by atoms with Gasteiger partial charge < -0.3 is 15.7 Å². The number of piperazine rings is 1. The van der Waals surface area contributed by atoms with Crippen LogP contribution < -0.4 is 5.73 Å². The van der Waals surface area contributed by atoms with Gasteiger partial charge in [0.2, 0.25) is 5.91 Å². The molecule has 6 heteroatoms. The van der Waals surface area contributed by atoms with E-state index in [-0.39, 0.29) is 0 Å². The first kappa shape index (κ1) is 17.9. The fourth-order valence-corrected chi connectivity index (χ4v) is 3.10. The minimum atomic E-state index is -0.515. The fraction of sp³-hybridized carbons (Fsp3) is 0.588. The van der Waals surface area contributed by atoms with Gasteiger partial charge in [-0.3, -0.25) is 14.6 Å². The molecule has 1 fully saturated rings. The van der Waals surface area contributed by atoms with E-state index in [2.05, 4.69) is 16.8 Å². The van der Waals surface area contributed by atoms with E-state index in [9.17, 15) is 9.90 Å². The summed E-state index contributed by atoms with van der Waals surface area (Å²) in [6.45, 7) is 5.02. The minimum Gasteiger partial charge on any atom is -0.390 e. The summed E-state index contributed by atoms with van der Waals surface area (Å²) in [5.74, 6) is -0.398. The molecule has 1 aromatic rings. The topological polar surface area (TPSA) is 73.0 Å². The summed E-state index contributed by atoms with van der Waals surface area (Å²) in [5, 5.41) is 10.4. The molecule has 23 heavy (non-hydrogen) atoms. The van der Waals surface area contributed by atoms with Crippen molar-refractivity contribution in [1.29, 1.82) is 0 Å². The van der Waals surface area contributed by atoms with Crippen molar-refractivity contribution in [3.63, 3.8) is 0 Å². The third-order valence-electron chi connectivity index (χ3n) is 4.39. The number of rotatable bonds is 7. The van der Waals surface area contributed by atoms with Gasteiger partial charge in [0, 0.05) is 39.3 Å². The van der Waals surface area contributed by atoms with Crippen molar-refractivity contribution in [3.8, 4) is 0 Å². The van der Waals surface area contributed by atoms with Crippen LogP contribution in [0.5, 0.6) is 0 Å². The summed E-state index contributed by atoms with van der Waals surface area (Å²) in [4.78, 5) is 18.2. The number of aliphatic hydroxyl groups excluding tert-OH is 1. The lowest BCUT2D eigenvalue weighted by atomic mass is 10.0. The molecular weight excluding hydrogens is 292 g/mol. The first-order chi connectivity index (χ1) is 11.0. The highest BCUT2D eigenvalue weighted by molar-refractivity contribution is 5.81. The van der Waals surface area contributed by atoms with Crippen molar-refractivity contribution in [2.45, 2.75) is 12.1 Å². The lowest BCUT2D eigenvalue weighted by molar-refractivity contribution is -0.123. The van der Waals surface area contributed by atoms with Crippen molar-refractivity contribution >= 4 is 5.91 Å². The lowest BCUT2D eigenvalue weighted by Crippen LogP contribution is -2.49. The Kier molecular flexibility index (Phi) is 6.53. The second kappa shape index (κ2) is 8.40. The number of nitrogens with zero attached hydrogens (tertiary/aromatic N) is 3. The van der Waals surface area contributed by atoms with Gasteiger partial charge in [-0.05, 0) is 19.7 Å². The van der Waals surface area contributed by atoms with Gasteiger partial charge in [0.05, 0.1) is 6.10 Å². The number of hydrogen-bond donors (Lipinski definition) is 2. The summed E-state index contributed by atoms with van der Waals surface area (Å²) in [6, 6.07) is 8.94. The van der Waals surface area contributed by atoms with Crippen molar-refractivity contribution in [3.05, 3.63) is 35.9 Å². The zero-order valence-electron chi connectivity index (χ0n) is 14.1. The maximum Gasteiger partial charge on any atom is 0.239 e. The van der Waals surface area contributed by atoms with Gasteiger partial charge in [0.25, 0.3) is 0 Å². The maximum atomic E-state index is 11.8. The molecule has 0 radical (unpaired) electrons. The Morgan fingerprint density at radius 3 is 2.43 bits per heavy atom. The number of benzene rings is 1. The molecule has 0 aliphatic carbocycles. The molecule has 2 unspecified atom stereocenters. The highest BCUT2D eigenvalue weighted by Gasteiger charge is 2.25. The van der Waals surface area contributed by atoms with Crippen LogP contribution in [-0.2, 0) is 4.79 Å². The number of hydrogen-bond acceptors (Lipinski definition) is 5. The fourth-order valence-electron chi connectivity index (χ4n) is 3.10. The monoisotopic (exact) mass is 320 g/mol. The number of carbonyl (C=O) groups is 1. The Morgan fingerprint density at radius 1 is 1.26 bits per heavy atom. The molecule has 3 N–H and O–H groups in total. The van der Waals surface area contributed by atoms with Gasteiger partial charge in [-0.25, -0.2) is 0 Å². The van der Waals surface area contributed by atoms with Crippen molar-refractivity contribution in [1.82, 2.24) is 14.7 Å². The second-order valence-electron chi connectivity index (χ2n) is 6.41. The van der Waals surface area contributed by atoms with Crippen LogP contribution in [0.4, 0.5) is 0 Å². The van der Waals surface area contributed by atoms with Gasteiger partial charge in [0.15, 0.2) is 0 Å². The average Bonchev–Trinajstić information content (AvgIpc) is 2.50. The van der Waals surface area contributed by atoms with Crippen LogP contribution in [0, 0.1) is 0 Å². The first-order valence-corrected chi connectivity index (χ1v) is 8.11. The average molecular weight is 320 g/mol. The van der Waals surface area contributed by atoms with Gasteiger partial charge in [-0.1, -0.05) is 30.3 Å². The normalized spacial score (nSPS) is 19.7. The number of amides is 1. The van der Waals surface area contributed by atoms with Crippen LogP contribution in [0.15, 0.2) is 30.3 Å². The molecule has 128 valence electrons. The van der Waals surface area contributed by atoms with E-state index >= 15 is 0 Å². The Hall–Kier alpha value is -1.47. The summed E-state index contributed by atoms with van der Waals surface area (Å²) in [5.41, 5.74) is 6.42. The highest BCUT2D eigenvalue weighted by Crippen LogP contribution is 2.19. The molecule has 1 saturated heterocycles. The molecule has 2 atom stereocenters. The third-order valence-corrected chi connectivity index (χ3v) is 4.39. The van der Waals surface area contributed by atoms with Crippen LogP contribution in [0.2, 0.25) is 0 Å². The lowest BCUT2D eigenvalue weighted by Gasteiger charge is -2.35. The van der Waals surface area contributed by atoms with Crippen molar-refractivity contribution in [2.24, 2.45) is 5.73 Å². The molecule has 2 rings (SSSR count). The van der Waals surface area contributed by atoms with E-state index in [1.807, 2.05) is 42.3 Å². The Labute approximate surface area is 138 Å². The molecular formula is C17H28N4O2. The number of likely N-dealkylation sites (N-methyl/N-ethyl adjacent to an activating group) is 2. The van der Waals surface area contributed by atoms with Crippen LogP contribution in [0.25, 0.3) is 0 Å². The van der Waals surface area contributed by atoms with Crippen LogP contribution in [0.3, 0.4) is 0 Å². The number of aliphatic hydroxyl groups is 1. The second-order valence-corrected chi connectivity index (χ2v) is 6.41. The van der Waals surface area contributed by atoms with E-state index < -0.39 is 18.1 Å². The standard InChI is InChI=1S/C17H28N4O2/c1-19-8-10-21(11-9-19)13-15(22)12-20(2)16(17(18)23)14-6-4-3-5-7-14/h3-7,15-16,22H,8-13H2,1-2H3,(H2,18,23). The predicted molar refractivity (Wildman–Crippen MR) is 91.0 cm³/mol.